The Bertz CT molecular complexity index is 545. The van der Waals surface area contributed by atoms with E-state index in [0.29, 0.717) is 30.4 Å². The minimum Gasteiger partial charge on any atom is -0.480 e. The predicted octanol–water partition coefficient (Wildman–Crippen LogP) is 2.21. The Morgan fingerprint density at radius 2 is 2.19 bits per heavy atom. The highest BCUT2D eigenvalue weighted by Gasteiger charge is 2.46. The zero-order chi connectivity index (χ0) is 15.6. The number of nitrogens with one attached hydrogen (secondary N) is 1. The summed E-state index contributed by atoms with van der Waals surface area (Å²) in [5.41, 5.74) is -1.14. The Kier molecular flexibility index (Phi) is 4.46. The van der Waals surface area contributed by atoms with Crippen LogP contribution in [0.2, 0.25) is 0 Å². The van der Waals surface area contributed by atoms with Gasteiger partial charge in [-0.25, -0.2) is 9.59 Å². The van der Waals surface area contributed by atoms with Gasteiger partial charge in [-0.05, 0) is 25.7 Å². The molecule has 0 aliphatic carbocycles. The zero-order valence-corrected chi connectivity index (χ0v) is 13.2. The molecule has 2 heterocycles. The van der Waals surface area contributed by atoms with Crippen molar-refractivity contribution in [2.24, 2.45) is 5.92 Å². The van der Waals surface area contributed by atoms with Gasteiger partial charge in [-0.15, -0.1) is 10.2 Å². The quantitative estimate of drug-likeness (QED) is 0.888. The Labute approximate surface area is 127 Å². The number of aliphatic carboxylic acids is 1. The number of hydrogen-bond acceptors (Lipinski definition) is 5. The number of likely N-dealkylation sites (tertiary alicyclic amines) is 1. The fraction of sp³-hybridized carbons (Fsp3) is 0.692. The van der Waals surface area contributed by atoms with Crippen LogP contribution < -0.4 is 5.32 Å². The van der Waals surface area contributed by atoms with Crippen LogP contribution in [-0.2, 0) is 11.2 Å². The molecule has 2 rings (SSSR count). The second-order valence-electron chi connectivity index (χ2n) is 5.86. The van der Waals surface area contributed by atoms with Crippen LogP contribution in [0.1, 0.15) is 38.6 Å². The fourth-order valence-corrected chi connectivity index (χ4v) is 3.35. The third-order valence-electron chi connectivity index (χ3n) is 3.61. The Morgan fingerprint density at radius 1 is 1.48 bits per heavy atom. The fourth-order valence-electron chi connectivity index (χ4n) is 2.41. The standard InChI is InChI=1S/C13H20N4O3S/c1-8(2)7-9-15-16-11(21-9)14-12(20)17-6-4-5-13(17,3)10(18)19/h8H,4-7H2,1-3H3,(H,18,19)(H,14,16,20). The average molecular weight is 312 g/mol. The van der Waals surface area contributed by atoms with Gasteiger partial charge in [0.1, 0.15) is 10.5 Å². The molecule has 8 heteroatoms. The van der Waals surface area contributed by atoms with Gasteiger partial charge in [0.2, 0.25) is 5.13 Å². The minimum absolute atomic E-state index is 0.412. The van der Waals surface area contributed by atoms with Gasteiger partial charge in [-0.1, -0.05) is 25.2 Å². The number of aromatic nitrogens is 2. The molecule has 1 saturated heterocycles. The molecule has 21 heavy (non-hydrogen) atoms. The molecular weight excluding hydrogens is 292 g/mol. The average Bonchev–Trinajstić information content (AvgIpc) is 2.96. The maximum absolute atomic E-state index is 12.3. The summed E-state index contributed by atoms with van der Waals surface area (Å²) >= 11 is 1.33. The maximum atomic E-state index is 12.3. The van der Waals surface area contributed by atoms with Crippen molar-refractivity contribution in [1.29, 1.82) is 0 Å². The third-order valence-corrected chi connectivity index (χ3v) is 4.47. The minimum atomic E-state index is -1.14. The van der Waals surface area contributed by atoms with Crippen molar-refractivity contribution >= 4 is 28.5 Å². The highest BCUT2D eigenvalue weighted by Crippen LogP contribution is 2.30. The van der Waals surface area contributed by atoms with Gasteiger partial charge >= 0.3 is 12.0 Å². The molecule has 0 spiro atoms. The lowest BCUT2D eigenvalue weighted by Crippen LogP contribution is -2.52. The van der Waals surface area contributed by atoms with E-state index in [9.17, 15) is 14.7 Å². The van der Waals surface area contributed by atoms with Crippen LogP contribution in [0.5, 0.6) is 0 Å². The lowest BCUT2D eigenvalue weighted by molar-refractivity contribution is -0.146. The third kappa shape index (κ3) is 3.31. The predicted molar refractivity (Wildman–Crippen MR) is 79.5 cm³/mol. The summed E-state index contributed by atoms with van der Waals surface area (Å²) in [4.78, 5) is 25.0. The number of urea groups is 1. The van der Waals surface area contributed by atoms with Crippen molar-refractivity contribution in [1.82, 2.24) is 15.1 Å². The highest BCUT2D eigenvalue weighted by atomic mass is 32.1. The molecule has 1 unspecified atom stereocenters. The molecule has 0 radical (unpaired) electrons. The summed E-state index contributed by atoms with van der Waals surface area (Å²) in [5.74, 6) is -0.511. The van der Waals surface area contributed by atoms with Crippen molar-refractivity contribution in [2.45, 2.75) is 45.6 Å². The number of rotatable bonds is 4. The molecule has 1 fully saturated rings. The number of nitrogens with zero attached hydrogens (tertiary/aromatic N) is 3. The normalized spacial score (nSPS) is 21.8. The molecule has 2 amide bonds. The molecule has 1 atom stereocenters. The zero-order valence-electron chi connectivity index (χ0n) is 12.4. The molecule has 1 aromatic heterocycles. The number of carbonyl (C=O) groups excluding carboxylic acids is 1. The van der Waals surface area contributed by atoms with Gasteiger partial charge in [0, 0.05) is 13.0 Å². The van der Waals surface area contributed by atoms with Crippen molar-refractivity contribution < 1.29 is 14.7 Å². The van der Waals surface area contributed by atoms with Gasteiger partial charge < -0.3 is 10.0 Å². The first-order chi connectivity index (χ1) is 9.83. The maximum Gasteiger partial charge on any atom is 0.329 e. The SMILES string of the molecule is CC(C)Cc1nnc(NC(=O)N2CCCC2(C)C(=O)O)s1. The molecule has 2 N–H and O–H groups in total. The van der Waals surface area contributed by atoms with E-state index < -0.39 is 17.5 Å². The summed E-state index contributed by atoms with van der Waals surface area (Å²) in [7, 11) is 0. The van der Waals surface area contributed by atoms with Crippen molar-refractivity contribution in [2.75, 3.05) is 11.9 Å². The van der Waals surface area contributed by atoms with Crippen molar-refractivity contribution in [3.8, 4) is 0 Å². The van der Waals surface area contributed by atoms with Gasteiger partial charge in [0.15, 0.2) is 0 Å². The molecule has 1 aliphatic rings. The summed E-state index contributed by atoms with van der Waals surface area (Å²) in [6, 6.07) is -0.426. The first-order valence-electron chi connectivity index (χ1n) is 6.97. The molecule has 0 bridgehead atoms. The molecular formula is C13H20N4O3S. The largest absolute Gasteiger partial charge is 0.480 e. The smallest absolute Gasteiger partial charge is 0.329 e. The molecule has 1 aliphatic heterocycles. The number of carboxylic acids is 1. The van der Waals surface area contributed by atoms with Gasteiger partial charge in [0.05, 0.1) is 0 Å². The molecule has 0 aromatic carbocycles. The number of amides is 2. The van der Waals surface area contributed by atoms with E-state index >= 15 is 0 Å². The van der Waals surface area contributed by atoms with E-state index in [1.54, 1.807) is 6.92 Å². The second kappa shape index (κ2) is 5.97. The lowest BCUT2D eigenvalue weighted by atomic mass is 10.00. The number of carboxylic acid groups (broad SMARTS) is 1. The van der Waals surface area contributed by atoms with E-state index in [2.05, 4.69) is 29.4 Å². The first-order valence-corrected chi connectivity index (χ1v) is 7.79. The van der Waals surface area contributed by atoms with Crippen LogP contribution >= 0.6 is 11.3 Å². The number of hydrogen-bond donors (Lipinski definition) is 2. The van der Waals surface area contributed by atoms with Crippen LogP contribution in [-0.4, -0.2) is 44.3 Å². The highest BCUT2D eigenvalue weighted by molar-refractivity contribution is 7.15. The summed E-state index contributed by atoms with van der Waals surface area (Å²) in [5, 5.41) is 21.2. The Morgan fingerprint density at radius 3 is 2.81 bits per heavy atom. The van der Waals surface area contributed by atoms with Crippen LogP contribution in [0.25, 0.3) is 0 Å². The van der Waals surface area contributed by atoms with Gasteiger partial charge in [0.25, 0.3) is 0 Å². The lowest BCUT2D eigenvalue weighted by Gasteiger charge is -2.30. The van der Waals surface area contributed by atoms with E-state index in [-0.39, 0.29) is 0 Å². The van der Waals surface area contributed by atoms with E-state index in [1.807, 2.05) is 0 Å². The number of carbonyl (C=O) groups is 2. The topological polar surface area (TPSA) is 95.4 Å². The summed E-state index contributed by atoms with van der Waals surface area (Å²) in [6.07, 6.45) is 1.96. The van der Waals surface area contributed by atoms with Crippen LogP contribution in [0.3, 0.4) is 0 Å². The van der Waals surface area contributed by atoms with Crippen LogP contribution in [0.15, 0.2) is 0 Å². The second-order valence-corrected chi connectivity index (χ2v) is 6.93. The van der Waals surface area contributed by atoms with Crippen LogP contribution in [0, 0.1) is 5.92 Å². The Balaban J connectivity index is 2.04. The van der Waals surface area contributed by atoms with Gasteiger partial charge in [-0.3, -0.25) is 5.32 Å². The molecule has 1 aromatic rings. The van der Waals surface area contributed by atoms with E-state index in [0.717, 1.165) is 11.4 Å². The number of anilines is 1. The molecule has 7 nitrogen and oxygen atoms in total. The summed E-state index contributed by atoms with van der Waals surface area (Å²) in [6.45, 7) is 6.18. The van der Waals surface area contributed by atoms with E-state index in [4.69, 9.17) is 0 Å². The first kappa shape index (κ1) is 15.7. The summed E-state index contributed by atoms with van der Waals surface area (Å²) < 4.78 is 0. The van der Waals surface area contributed by atoms with Crippen molar-refractivity contribution in [3.05, 3.63) is 5.01 Å². The van der Waals surface area contributed by atoms with Gasteiger partial charge in [-0.2, -0.15) is 0 Å². The monoisotopic (exact) mass is 312 g/mol. The molecule has 116 valence electrons. The van der Waals surface area contributed by atoms with Crippen molar-refractivity contribution in [3.63, 3.8) is 0 Å². The molecule has 0 saturated carbocycles. The van der Waals surface area contributed by atoms with E-state index in [1.165, 1.54) is 16.2 Å². The van der Waals surface area contributed by atoms with Crippen LogP contribution in [0.4, 0.5) is 9.93 Å². The Hall–Kier alpha value is -1.70.